The molecule has 0 fully saturated rings. The van der Waals surface area contributed by atoms with Gasteiger partial charge in [-0.2, -0.15) is 0 Å². The predicted octanol–water partition coefficient (Wildman–Crippen LogP) is 5.05. The van der Waals surface area contributed by atoms with Gasteiger partial charge in [0.2, 0.25) is 5.91 Å². The Hall–Kier alpha value is -3.02. The lowest BCUT2D eigenvalue weighted by Crippen LogP contribution is -2.42. The Morgan fingerprint density at radius 3 is 2.38 bits per heavy atom. The fourth-order valence-corrected chi connectivity index (χ4v) is 4.40. The van der Waals surface area contributed by atoms with E-state index in [2.05, 4.69) is 0 Å². The molecular weight excluding hydrogens is 426 g/mol. The Morgan fingerprint density at radius 2 is 1.66 bits per heavy atom. The van der Waals surface area contributed by atoms with Crippen LogP contribution in [0.5, 0.6) is 11.5 Å². The molecule has 0 saturated carbocycles. The highest BCUT2D eigenvalue weighted by Gasteiger charge is 2.34. The predicted molar refractivity (Wildman–Crippen MR) is 124 cm³/mol. The highest BCUT2D eigenvalue weighted by atomic mass is 35.5. The van der Waals surface area contributed by atoms with Gasteiger partial charge < -0.3 is 19.1 Å². The van der Waals surface area contributed by atoms with Crippen molar-refractivity contribution in [1.29, 1.82) is 0 Å². The second-order valence-corrected chi connectivity index (χ2v) is 8.05. The van der Waals surface area contributed by atoms with Crippen LogP contribution in [-0.4, -0.2) is 38.2 Å². The normalized spacial score (nSPS) is 15.2. The molecule has 0 N–H and O–H groups in total. The van der Waals surface area contributed by atoms with Crippen molar-refractivity contribution in [2.24, 2.45) is 0 Å². The molecule has 166 valence electrons. The van der Waals surface area contributed by atoms with Gasteiger partial charge in [0.05, 0.1) is 26.9 Å². The summed E-state index contributed by atoms with van der Waals surface area (Å²) in [5.74, 6) is 1.22. The van der Waals surface area contributed by atoms with Crippen molar-refractivity contribution in [2.75, 3.05) is 27.4 Å². The third kappa shape index (κ3) is 4.59. The lowest BCUT2D eigenvalue weighted by Gasteiger charge is -2.38. The number of halogens is 1. The largest absolute Gasteiger partial charge is 0.493 e. The Kier molecular flexibility index (Phi) is 6.98. The summed E-state index contributed by atoms with van der Waals surface area (Å²) < 4.78 is 16.8. The fourth-order valence-electron chi connectivity index (χ4n) is 4.16. The van der Waals surface area contributed by atoms with Crippen LogP contribution in [0.1, 0.15) is 28.3 Å². The molecule has 1 unspecified atom stereocenters. The highest BCUT2D eigenvalue weighted by molar-refractivity contribution is 6.31. The number of fused-ring (bicyclic) bond motifs is 1. The second kappa shape index (κ2) is 10.1. The van der Waals surface area contributed by atoms with Crippen molar-refractivity contribution in [3.63, 3.8) is 0 Å². The molecule has 5 nitrogen and oxygen atoms in total. The molecule has 0 saturated heterocycles. The van der Waals surface area contributed by atoms with Crippen LogP contribution in [-0.2, 0) is 22.6 Å². The molecule has 0 aliphatic carbocycles. The van der Waals surface area contributed by atoms with E-state index in [-0.39, 0.29) is 18.6 Å². The second-order valence-electron chi connectivity index (χ2n) is 7.65. The van der Waals surface area contributed by atoms with Gasteiger partial charge in [-0.25, -0.2) is 0 Å². The van der Waals surface area contributed by atoms with E-state index >= 15 is 0 Å². The van der Waals surface area contributed by atoms with Crippen LogP contribution >= 0.6 is 11.6 Å². The number of methoxy groups -OCH3 is 2. The minimum Gasteiger partial charge on any atom is -0.493 e. The van der Waals surface area contributed by atoms with E-state index in [1.54, 1.807) is 14.2 Å². The number of benzene rings is 3. The van der Waals surface area contributed by atoms with Gasteiger partial charge in [-0.05, 0) is 46.9 Å². The molecule has 0 aromatic heterocycles. The van der Waals surface area contributed by atoms with E-state index in [4.69, 9.17) is 25.8 Å². The quantitative estimate of drug-likeness (QED) is 0.504. The summed E-state index contributed by atoms with van der Waals surface area (Å²) in [7, 11) is 3.23. The smallest absolute Gasteiger partial charge is 0.249 e. The number of nitrogens with zero attached hydrogens (tertiary/aromatic N) is 1. The molecule has 32 heavy (non-hydrogen) atoms. The first-order valence-corrected chi connectivity index (χ1v) is 10.9. The van der Waals surface area contributed by atoms with Crippen LogP contribution in [0.25, 0.3) is 0 Å². The lowest BCUT2D eigenvalue weighted by molar-refractivity contribution is -0.138. The zero-order valence-corrected chi connectivity index (χ0v) is 19.0. The topological polar surface area (TPSA) is 48.0 Å². The van der Waals surface area contributed by atoms with Crippen molar-refractivity contribution in [3.8, 4) is 11.5 Å². The first-order valence-electron chi connectivity index (χ1n) is 10.5. The molecule has 3 aromatic carbocycles. The summed E-state index contributed by atoms with van der Waals surface area (Å²) in [5, 5.41) is 0.614. The van der Waals surface area contributed by atoms with E-state index in [0.717, 1.165) is 22.3 Å². The summed E-state index contributed by atoms with van der Waals surface area (Å²) in [6.07, 6.45) is 0.709. The average Bonchev–Trinajstić information content (AvgIpc) is 2.83. The first-order chi connectivity index (χ1) is 15.6. The lowest BCUT2D eigenvalue weighted by atomic mass is 9.87. The average molecular weight is 452 g/mol. The number of hydrogen-bond acceptors (Lipinski definition) is 4. The number of carbonyl (C=O) groups excluding carboxylic acids is 1. The van der Waals surface area contributed by atoms with Crippen LogP contribution in [0.4, 0.5) is 0 Å². The first kappa shape index (κ1) is 22.2. The molecule has 0 bridgehead atoms. The maximum Gasteiger partial charge on any atom is 0.249 e. The van der Waals surface area contributed by atoms with Gasteiger partial charge >= 0.3 is 0 Å². The molecule has 3 aromatic rings. The molecule has 6 heteroatoms. The highest BCUT2D eigenvalue weighted by Crippen LogP contribution is 2.42. The number of ether oxygens (including phenoxy) is 3. The van der Waals surface area contributed by atoms with Crippen LogP contribution < -0.4 is 9.47 Å². The molecule has 0 spiro atoms. The van der Waals surface area contributed by atoms with Crippen molar-refractivity contribution in [3.05, 3.63) is 94.0 Å². The molecule has 1 atom stereocenters. The van der Waals surface area contributed by atoms with Crippen molar-refractivity contribution in [2.45, 2.75) is 19.1 Å². The Balaban J connectivity index is 1.65. The summed E-state index contributed by atoms with van der Waals surface area (Å²) in [5.41, 5.74) is 4.00. The SMILES string of the molecule is COc1cc2c(cc1OC)C(c1ccccc1Cl)N(C(=O)COCc1ccccc1)CC2. The number of carbonyl (C=O) groups is 1. The van der Waals surface area contributed by atoms with Crippen LogP contribution in [0.2, 0.25) is 5.02 Å². The van der Waals surface area contributed by atoms with E-state index in [1.807, 2.05) is 71.6 Å². The van der Waals surface area contributed by atoms with Crippen molar-refractivity contribution >= 4 is 17.5 Å². The third-order valence-corrected chi connectivity index (χ3v) is 6.08. The van der Waals surface area contributed by atoms with E-state index in [9.17, 15) is 4.79 Å². The van der Waals surface area contributed by atoms with Crippen LogP contribution in [0.15, 0.2) is 66.7 Å². The minimum atomic E-state index is -0.333. The number of rotatable bonds is 7. The summed E-state index contributed by atoms with van der Waals surface area (Å²) in [6.45, 7) is 0.948. The Labute approximate surface area is 193 Å². The molecule has 4 rings (SSSR count). The molecule has 0 radical (unpaired) electrons. The zero-order chi connectivity index (χ0) is 22.5. The van der Waals surface area contributed by atoms with Gasteiger partial charge in [0.1, 0.15) is 6.61 Å². The zero-order valence-electron chi connectivity index (χ0n) is 18.2. The van der Waals surface area contributed by atoms with Gasteiger partial charge in [0.15, 0.2) is 11.5 Å². The van der Waals surface area contributed by atoms with Gasteiger partial charge in [-0.15, -0.1) is 0 Å². The van der Waals surface area contributed by atoms with Gasteiger partial charge in [0.25, 0.3) is 0 Å². The van der Waals surface area contributed by atoms with Gasteiger partial charge in [0, 0.05) is 11.6 Å². The standard InChI is InChI=1S/C26H26ClNO4/c1-30-23-14-19-12-13-28(25(29)17-32-16-18-8-4-3-5-9-18)26(21(19)15-24(23)31-2)20-10-6-7-11-22(20)27/h3-11,14-15,26H,12-13,16-17H2,1-2H3. The third-order valence-electron chi connectivity index (χ3n) is 5.73. The van der Waals surface area contributed by atoms with E-state index in [0.29, 0.717) is 36.1 Å². The van der Waals surface area contributed by atoms with Gasteiger partial charge in [-0.3, -0.25) is 4.79 Å². The maximum absolute atomic E-state index is 13.3. The van der Waals surface area contributed by atoms with Crippen LogP contribution in [0, 0.1) is 0 Å². The molecular formula is C26H26ClNO4. The molecule has 1 amide bonds. The van der Waals surface area contributed by atoms with Crippen molar-refractivity contribution in [1.82, 2.24) is 4.90 Å². The number of hydrogen-bond donors (Lipinski definition) is 0. The van der Waals surface area contributed by atoms with E-state index < -0.39 is 0 Å². The summed E-state index contributed by atoms with van der Waals surface area (Å²) in [6, 6.07) is 21.1. The van der Waals surface area contributed by atoms with E-state index in [1.165, 1.54) is 0 Å². The Morgan fingerprint density at radius 1 is 0.969 bits per heavy atom. The number of amides is 1. The van der Waals surface area contributed by atoms with Gasteiger partial charge in [-0.1, -0.05) is 60.1 Å². The monoisotopic (exact) mass is 451 g/mol. The molecule has 1 aliphatic rings. The molecule has 1 heterocycles. The maximum atomic E-state index is 13.3. The molecule has 1 aliphatic heterocycles. The van der Waals surface area contributed by atoms with Crippen molar-refractivity contribution < 1.29 is 19.0 Å². The summed E-state index contributed by atoms with van der Waals surface area (Å²) >= 11 is 6.59. The minimum absolute atomic E-state index is 0.00152. The summed E-state index contributed by atoms with van der Waals surface area (Å²) in [4.78, 5) is 15.1. The fraction of sp³-hybridized carbons (Fsp3) is 0.269. The Bertz CT molecular complexity index is 1090. The van der Waals surface area contributed by atoms with Crippen LogP contribution in [0.3, 0.4) is 0 Å².